The minimum Gasteiger partial charge on any atom is -0.328 e. The van der Waals surface area contributed by atoms with Gasteiger partial charge >= 0.3 is 0 Å². The van der Waals surface area contributed by atoms with Gasteiger partial charge in [-0.2, -0.15) is 0 Å². The number of amides is 2. The van der Waals surface area contributed by atoms with E-state index in [9.17, 15) is 9.59 Å². The van der Waals surface area contributed by atoms with Crippen LogP contribution in [-0.2, 0) is 9.59 Å². The molecular weight excluding hydrogens is 304 g/mol. The van der Waals surface area contributed by atoms with E-state index in [1.807, 2.05) is 0 Å². The molecule has 2 amide bonds. The van der Waals surface area contributed by atoms with E-state index in [4.69, 9.17) is 5.73 Å². The summed E-state index contributed by atoms with van der Waals surface area (Å²) in [6, 6.07) is 7.34. The minimum absolute atomic E-state index is 0. The molecule has 0 atom stereocenters. The van der Waals surface area contributed by atoms with E-state index in [-0.39, 0.29) is 30.3 Å². The van der Waals surface area contributed by atoms with Crippen LogP contribution in [0.4, 0.5) is 11.4 Å². The summed E-state index contributed by atoms with van der Waals surface area (Å²) in [6.07, 6.45) is 1.89. The number of piperidine rings is 1. The maximum atomic E-state index is 12.0. The van der Waals surface area contributed by atoms with Crippen LogP contribution in [0, 0.1) is 0 Å². The molecule has 7 heteroatoms. The Hall–Kier alpha value is -1.63. The van der Waals surface area contributed by atoms with E-state index in [1.54, 1.807) is 24.3 Å². The number of halogens is 1. The Morgan fingerprint density at radius 3 is 2.14 bits per heavy atom. The van der Waals surface area contributed by atoms with Crippen LogP contribution < -0.4 is 16.4 Å². The first kappa shape index (κ1) is 18.4. The number of hydrogen-bond acceptors (Lipinski definition) is 4. The highest BCUT2D eigenvalue weighted by atomic mass is 35.5. The summed E-state index contributed by atoms with van der Waals surface area (Å²) in [4.78, 5) is 25.0. The summed E-state index contributed by atoms with van der Waals surface area (Å²) < 4.78 is 0. The molecule has 2 rings (SSSR count). The number of anilines is 2. The van der Waals surface area contributed by atoms with E-state index < -0.39 is 0 Å². The van der Waals surface area contributed by atoms with Gasteiger partial charge in [0.1, 0.15) is 0 Å². The van der Waals surface area contributed by atoms with Crippen molar-refractivity contribution in [2.24, 2.45) is 5.73 Å². The first-order valence-corrected chi connectivity index (χ1v) is 7.18. The topological polar surface area (TPSA) is 87.5 Å². The van der Waals surface area contributed by atoms with Gasteiger partial charge in [-0.25, -0.2) is 0 Å². The van der Waals surface area contributed by atoms with Crippen LogP contribution in [-0.4, -0.2) is 42.4 Å². The maximum absolute atomic E-state index is 12.0. The number of carbonyl (C=O) groups is 2. The average molecular weight is 327 g/mol. The highest BCUT2D eigenvalue weighted by molar-refractivity contribution is 5.93. The molecule has 1 aliphatic rings. The fraction of sp³-hybridized carbons (Fsp3) is 0.467. The zero-order valence-corrected chi connectivity index (χ0v) is 13.5. The van der Waals surface area contributed by atoms with Gasteiger partial charge < -0.3 is 16.4 Å². The zero-order chi connectivity index (χ0) is 15.2. The van der Waals surface area contributed by atoms with Crippen LogP contribution >= 0.6 is 12.4 Å². The van der Waals surface area contributed by atoms with Crippen LogP contribution in [0.3, 0.4) is 0 Å². The van der Waals surface area contributed by atoms with Crippen LogP contribution in [0.25, 0.3) is 0 Å². The standard InChI is InChI=1S/C15H22N4O2.ClH/c1-11(20)17-13-2-4-14(5-3-13)18-15(21)10-19-8-6-12(16)7-9-19;/h2-5,12H,6-10,16H2,1H3,(H,17,20)(H,18,21);1H. The molecule has 1 fully saturated rings. The lowest BCUT2D eigenvalue weighted by atomic mass is 10.1. The van der Waals surface area contributed by atoms with E-state index in [1.165, 1.54) is 6.92 Å². The second-order valence-electron chi connectivity index (χ2n) is 5.42. The van der Waals surface area contributed by atoms with Crippen molar-refractivity contribution in [2.75, 3.05) is 30.3 Å². The first-order chi connectivity index (χ1) is 10.0. The number of rotatable bonds is 4. The molecule has 1 heterocycles. The lowest BCUT2D eigenvalue weighted by Crippen LogP contribution is -2.43. The SMILES string of the molecule is CC(=O)Nc1ccc(NC(=O)CN2CCC(N)CC2)cc1.Cl. The summed E-state index contributed by atoms with van der Waals surface area (Å²) >= 11 is 0. The third-order valence-electron chi connectivity index (χ3n) is 3.49. The largest absolute Gasteiger partial charge is 0.328 e. The number of carbonyl (C=O) groups excluding carboxylic acids is 2. The summed E-state index contributed by atoms with van der Waals surface area (Å²) in [5.41, 5.74) is 7.28. The Kier molecular flexibility index (Phi) is 7.31. The average Bonchev–Trinajstić information content (AvgIpc) is 2.43. The number of nitrogens with two attached hydrogens (primary N) is 1. The summed E-state index contributed by atoms with van der Waals surface area (Å²) in [5, 5.41) is 5.54. The van der Waals surface area contributed by atoms with Gasteiger partial charge in [-0.15, -0.1) is 12.4 Å². The van der Waals surface area contributed by atoms with Crippen molar-refractivity contribution < 1.29 is 9.59 Å². The molecule has 0 radical (unpaired) electrons. The second-order valence-corrected chi connectivity index (χ2v) is 5.42. The predicted molar refractivity (Wildman–Crippen MR) is 90.3 cm³/mol. The lowest BCUT2D eigenvalue weighted by Gasteiger charge is -2.29. The Labute approximate surface area is 136 Å². The number of likely N-dealkylation sites (tertiary alicyclic amines) is 1. The molecule has 1 saturated heterocycles. The minimum atomic E-state index is -0.116. The number of nitrogens with one attached hydrogen (secondary N) is 2. The molecule has 0 unspecified atom stereocenters. The zero-order valence-electron chi connectivity index (χ0n) is 12.7. The van der Waals surface area contributed by atoms with Gasteiger partial charge in [0.25, 0.3) is 0 Å². The van der Waals surface area contributed by atoms with Gasteiger partial charge in [0.15, 0.2) is 0 Å². The molecule has 0 aliphatic carbocycles. The number of nitrogens with zero attached hydrogens (tertiary/aromatic N) is 1. The normalized spacial score (nSPS) is 15.7. The summed E-state index contributed by atoms with van der Waals surface area (Å²) in [7, 11) is 0. The number of benzene rings is 1. The Morgan fingerprint density at radius 1 is 1.14 bits per heavy atom. The van der Waals surface area contributed by atoms with E-state index >= 15 is 0 Å². The van der Waals surface area contributed by atoms with E-state index in [2.05, 4.69) is 15.5 Å². The molecule has 22 heavy (non-hydrogen) atoms. The van der Waals surface area contributed by atoms with Crippen LogP contribution in [0.2, 0.25) is 0 Å². The van der Waals surface area contributed by atoms with Gasteiger partial charge in [-0.05, 0) is 37.1 Å². The first-order valence-electron chi connectivity index (χ1n) is 7.18. The van der Waals surface area contributed by atoms with Crippen molar-refractivity contribution in [1.82, 2.24) is 4.90 Å². The molecule has 122 valence electrons. The predicted octanol–water partition coefficient (Wildman–Crippen LogP) is 1.43. The third kappa shape index (κ3) is 6.01. The van der Waals surface area contributed by atoms with E-state index in [0.29, 0.717) is 12.2 Å². The van der Waals surface area contributed by atoms with Crippen molar-refractivity contribution in [3.05, 3.63) is 24.3 Å². The quantitative estimate of drug-likeness (QED) is 0.781. The van der Waals surface area contributed by atoms with Gasteiger partial charge in [-0.1, -0.05) is 0 Å². The smallest absolute Gasteiger partial charge is 0.238 e. The van der Waals surface area contributed by atoms with E-state index in [0.717, 1.165) is 31.6 Å². The van der Waals surface area contributed by atoms with Crippen molar-refractivity contribution in [2.45, 2.75) is 25.8 Å². The molecule has 0 saturated carbocycles. The van der Waals surface area contributed by atoms with Crippen LogP contribution in [0.1, 0.15) is 19.8 Å². The molecule has 0 aromatic heterocycles. The Balaban J connectivity index is 0.00000242. The van der Waals surface area contributed by atoms with Crippen molar-refractivity contribution >= 4 is 35.6 Å². The fourth-order valence-electron chi connectivity index (χ4n) is 2.35. The lowest BCUT2D eigenvalue weighted by molar-refractivity contribution is -0.117. The Bertz CT molecular complexity index is 499. The molecule has 1 aromatic carbocycles. The molecule has 1 aliphatic heterocycles. The summed E-state index contributed by atoms with van der Waals surface area (Å²) in [6.45, 7) is 3.59. The number of hydrogen-bond donors (Lipinski definition) is 3. The monoisotopic (exact) mass is 326 g/mol. The molecule has 0 bridgehead atoms. The highest BCUT2D eigenvalue weighted by Crippen LogP contribution is 2.14. The molecule has 4 N–H and O–H groups in total. The van der Waals surface area contributed by atoms with Gasteiger partial charge in [0.05, 0.1) is 6.54 Å². The van der Waals surface area contributed by atoms with Gasteiger partial charge in [-0.3, -0.25) is 14.5 Å². The van der Waals surface area contributed by atoms with Crippen molar-refractivity contribution in [3.63, 3.8) is 0 Å². The maximum Gasteiger partial charge on any atom is 0.238 e. The third-order valence-corrected chi connectivity index (χ3v) is 3.49. The Morgan fingerprint density at radius 2 is 1.64 bits per heavy atom. The second kappa shape index (κ2) is 8.73. The van der Waals surface area contributed by atoms with Crippen LogP contribution in [0.5, 0.6) is 0 Å². The molecular formula is C15H23ClN4O2. The highest BCUT2D eigenvalue weighted by Gasteiger charge is 2.18. The fourth-order valence-corrected chi connectivity index (χ4v) is 2.35. The summed E-state index contributed by atoms with van der Waals surface area (Å²) in [5.74, 6) is -0.146. The van der Waals surface area contributed by atoms with Crippen molar-refractivity contribution in [1.29, 1.82) is 0 Å². The molecule has 1 aromatic rings. The molecule has 0 spiro atoms. The van der Waals surface area contributed by atoms with Crippen molar-refractivity contribution in [3.8, 4) is 0 Å². The van der Waals surface area contributed by atoms with Gasteiger partial charge in [0.2, 0.25) is 11.8 Å². The van der Waals surface area contributed by atoms with Crippen LogP contribution in [0.15, 0.2) is 24.3 Å². The van der Waals surface area contributed by atoms with Gasteiger partial charge in [0, 0.05) is 37.4 Å². The molecule has 6 nitrogen and oxygen atoms in total.